The number of sulfonamides is 1. The van der Waals surface area contributed by atoms with Gasteiger partial charge in [0.25, 0.3) is 0 Å². The molecule has 13 heteroatoms. The highest BCUT2D eigenvalue weighted by Crippen LogP contribution is 2.26. The van der Waals surface area contributed by atoms with Crippen LogP contribution in [0.25, 0.3) is 11.0 Å². The Hall–Kier alpha value is -2.86. The molecule has 10 nitrogen and oxygen atoms in total. The normalized spacial score (nSPS) is 11.1. The fourth-order valence-electron chi connectivity index (χ4n) is 4.15. The highest BCUT2D eigenvalue weighted by atomic mass is 35.5. The van der Waals surface area contributed by atoms with E-state index in [9.17, 15) is 13.2 Å². The van der Waals surface area contributed by atoms with Gasteiger partial charge < -0.3 is 19.9 Å². The average molecular weight is 602 g/mol. The fraction of sp³-hybridized carbons (Fsp3) is 0.423. The molecule has 0 aliphatic heterocycles. The minimum atomic E-state index is -3.48. The maximum atomic E-state index is 12.6. The lowest BCUT2D eigenvalue weighted by molar-refractivity contribution is -0.143. The summed E-state index contributed by atoms with van der Waals surface area (Å²) in [6.07, 6.45) is 2.58. The summed E-state index contributed by atoms with van der Waals surface area (Å²) in [5, 5.41) is 7.59. The molecule has 216 valence electrons. The molecular formula is C26H38Cl2N6O4S. The number of halogens is 2. The number of fused-ring (bicyclic) bond motifs is 1. The van der Waals surface area contributed by atoms with Crippen LogP contribution in [0.3, 0.4) is 0 Å². The van der Waals surface area contributed by atoms with Gasteiger partial charge in [-0.3, -0.25) is 14.5 Å². The zero-order valence-corrected chi connectivity index (χ0v) is 25.2. The molecular weight excluding hydrogens is 563 g/mol. The lowest BCUT2D eigenvalue weighted by Gasteiger charge is -2.23. The number of nitrogens with one attached hydrogen (secondary N) is 1. The Balaban J connectivity index is 0.00000380. The zero-order chi connectivity index (χ0) is 27.2. The summed E-state index contributed by atoms with van der Waals surface area (Å²) in [6.45, 7) is 3.60. The Bertz CT molecular complexity index is 1360. The number of rotatable bonds is 13. The summed E-state index contributed by atoms with van der Waals surface area (Å²) in [6, 6.07) is 12.8. The van der Waals surface area contributed by atoms with Crippen molar-refractivity contribution < 1.29 is 17.9 Å². The van der Waals surface area contributed by atoms with Gasteiger partial charge in [0.15, 0.2) is 0 Å². The predicted molar refractivity (Wildman–Crippen MR) is 161 cm³/mol. The van der Waals surface area contributed by atoms with Gasteiger partial charge in [-0.2, -0.15) is 0 Å². The second-order valence-electron chi connectivity index (χ2n) is 9.19. The van der Waals surface area contributed by atoms with E-state index < -0.39 is 10.0 Å². The molecule has 0 saturated carbocycles. The molecule has 0 bridgehead atoms. The minimum absolute atomic E-state index is 0. The van der Waals surface area contributed by atoms with E-state index in [0.717, 1.165) is 23.4 Å². The van der Waals surface area contributed by atoms with Crippen molar-refractivity contribution in [2.75, 3.05) is 44.4 Å². The van der Waals surface area contributed by atoms with E-state index in [1.807, 2.05) is 41.8 Å². The van der Waals surface area contributed by atoms with Crippen molar-refractivity contribution in [3.63, 3.8) is 0 Å². The van der Waals surface area contributed by atoms with Crippen LogP contribution in [0.15, 0.2) is 42.5 Å². The number of nitrogen functional groups attached to an aromatic ring is 1. The number of ether oxygens (including phenoxy) is 1. The van der Waals surface area contributed by atoms with Crippen molar-refractivity contribution in [3.05, 3.63) is 59.4 Å². The molecule has 0 amide bonds. The van der Waals surface area contributed by atoms with Crippen LogP contribution in [0.2, 0.25) is 0 Å². The van der Waals surface area contributed by atoms with Crippen molar-refractivity contribution >= 4 is 63.4 Å². The molecule has 3 aromatic rings. The summed E-state index contributed by atoms with van der Waals surface area (Å²) in [5.41, 5.74) is 9.20. The topological polar surface area (TPSA) is 135 Å². The van der Waals surface area contributed by atoms with Crippen molar-refractivity contribution in [3.8, 4) is 0 Å². The molecule has 1 heterocycles. The number of esters is 1. The van der Waals surface area contributed by atoms with E-state index in [-0.39, 0.29) is 43.0 Å². The summed E-state index contributed by atoms with van der Waals surface area (Å²) >= 11 is 0. The van der Waals surface area contributed by atoms with E-state index in [1.165, 1.54) is 10.6 Å². The van der Waals surface area contributed by atoms with E-state index >= 15 is 0 Å². The Kier molecular flexibility index (Phi) is 13.2. The maximum absolute atomic E-state index is 12.6. The molecule has 0 radical (unpaired) electrons. The molecule has 3 N–H and O–H groups in total. The maximum Gasteiger partial charge on any atom is 0.307 e. The number of hydrogen-bond acceptors (Lipinski definition) is 7. The van der Waals surface area contributed by atoms with Crippen LogP contribution in [-0.4, -0.2) is 74.7 Å². The van der Waals surface area contributed by atoms with Crippen molar-refractivity contribution in [1.82, 2.24) is 14.5 Å². The number of nitrogens with two attached hydrogens (primary N) is 1. The lowest BCUT2D eigenvalue weighted by Crippen LogP contribution is -2.32. The van der Waals surface area contributed by atoms with Crippen LogP contribution >= 0.6 is 24.8 Å². The Morgan fingerprint density at radius 2 is 1.77 bits per heavy atom. The van der Waals surface area contributed by atoms with Crippen LogP contribution < -0.4 is 10.0 Å². The minimum Gasteiger partial charge on any atom is -0.466 e. The second kappa shape index (κ2) is 15.1. The molecule has 0 aliphatic rings. The second-order valence-corrected chi connectivity index (χ2v) is 11.1. The molecule has 2 aromatic carbocycles. The Labute approximate surface area is 242 Å². The standard InChI is InChI=1S/C26H36N6O4S.2ClH/c1-5-36-25(33)13-16-31-23-12-11-21(32(37(4,34)35)15-6-14-30(2)3)18-22(23)29-24(31)17-19-7-9-20(10-8-19)26(27)28;;/h7-12,18H,5-6,13-17H2,1-4H3,(H3,27,28);2*1H. The quantitative estimate of drug-likeness (QED) is 0.174. The summed E-state index contributed by atoms with van der Waals surface area (Å²) in [5.74, 6) is 0.453. The number of aromatic nitrogens is 2. The number of imidazole rings is 1. The van der Waals surface area contributed by atoms with Crippen LogP contribution in [0.1, 0.15) is 36.7 Å². The first-order chi connectivity index (χ1) is 17.5. The number of carbonyl (C=O) groups excluding carboxylic acids is 1. The molecule has 0 aliphatic carbocycles. The van der Waals surface area contributed by atoms with E-state index in [1.54, 1.807) is 31.2 Å². The highest BCUT2D eigenvalue weighted by molar-refractivity contribution is 7.92. The van der Waals surface area contributed by atoms with Gasteiger partial charge in [-0.15, -0.1) is 24.8 Å². The Morgan fingerprint density at radius 1 is 1.10 bits per heavy atom. The largest absolute Gasteiger partial charge is 0.466 e. The third kappa shape index (κ3) is 9.38. The van der Waals surface area contributed by atoms with E-state index in [0.29, 0.717) is 49.3 Å². The molecule has 0 spiro atoms. The summed E-state index contributed by atoms with van der Waals surface area (Å²) < 4.78 is 33.7. The smallest absolute Gasteiger partial charge is 0.307 e. The molecule has 0 atom stereocenters. The van der Waals surface area contributed by atoms with Crippen molar-refractivity contribution in [1.29, 1.82) is 5.41 Å². The van der Waals surface area contributed by atoms with Crippen molar-refractivity contribution in [2.24, 2.45) is 5.73 Å². The third-order valence-corrected chi connectivity index (χ3v) is 7.13. The predicted octanol–water partition coefficient (Wildman–Crippen LogP) is 3.43. The van der Waals surface area contributed by atoms with Crippen LogP contribution in [0.5, 0.6) is 0 Å². The zero-order valence-electron chi connectivity index (χ0n) is 22.7. The average Bonchev–Trinajstić information content (AvgIpc) is 3.16. The van der Waals surface area contributed by atoms with Crippen LogP contribution in [0.4, 0.5) is 5.69 Å². The van der Waals surface area contributed by atoms with E-state index in [2.05, 4.69) is 0 Å². The lowest BCUT2D eigenvalue weighted by atomic mass is 10.1. The molecule has 1 aromatic heterocycles. The fourth-order valence-corrected chi connectivity index (χ4v) is 5.10. The van der Waals surface area contributed by atoms with Gasteiger partial charge in [0.1, 0.15) is 11.7 Å². The van der Waals surface area contributed by atoms with Gasteiger partial charge in [-0.1, -0.05) is 24.3 Å². The molecule has 0 saturated heterocycles. The van der Waals surface area contributed by atoms with E-state index in [4.69, 9.17) is 20.9 Å². The van der Waals surface area contributed by atoms with Gasteiger partial charge in [-0.25, -0.2) is 13.4 Å². The van der Waals surface area contributed by atoms with Gasteiger partial charge in [0, 0.05) is 25.1 Å². The van der Waals surface area contributed by atoms with Crippen molar-refractivity contribution in [2.45, 2.75) is 32.7 Å². The van der Waals surface area contributed by atoms with Gasteiger partial charge in [0.05, 0.1) is 36.0 Å². The van der Waals surface area contributed by atoms with Gasteiger partial charge in [-0.05, 0) is 57.7 Å². The number of amidine groups is 1. The summed E-state index contributed by atoms with van der Waals surface area (Å²) in [7, 11) is 0.423. The highest BCUT2D eigenvalue weighted by Gasteiger charge is 2.20. The SMILES string of the molecule is CCOC(=O)CCn1c(Cc2ccc(C(=N)N)cc2)nc2cc(N(CCCN(C)C)S(C)(=O)=O)ccc21.Cl.Cl. The Morgan fingerprint density at radius 3 is 2.33 bits per heavy atom. The van der Waals surface area contributed by atoms with Crippen LogP contribution in [-0.2, 0) is 32.5 Å². The summed E-state index contributed by atoms with van der Waals surface area (Å²) in [4.78, 5) is 18.9. The third-order valence-electron chi connectivity index (χ3n) is 5.94. The first-order valence-electron chi connectivity index (χ1n) is 12.2. The molecule has 0 fully saturated rings. The first-order valence-corrected chi connectivity index (χ1v) is 14.0. The number of benzene rings is 2. The molecule has 3 rings (SSSR count). The molecule has 0 unspecified atom stereocenters. The number of hydrogen-bond donors (Lipinski definition) is 2. The van der Waals surface area contributed by atoms with Gasteiger partial charge >= 0.3 is 5.97 Å². The van der Waals surface area contributed by atoms with Gasteiger partial charge in [0.2, 0.25) is 10.0 Å². The first kappa shape index (κ1) is 34.2. The molecule has 39 heavy (non-hydrogen) atoms. The number of carbonyl (C=O) groups is 1. The monoisotopic (exact) mass is 600 g/mol. The number of aryl methyl sites for hydroxylation is 1. The number of anilines is 1. The van der Waals surface area contributed by atoms with Crippen LogP contribution in [0, 0.1) is 5.41 Å². The number of nitrogens with zero attached hydrogens (tertiary/aromatic N) is 4.